The maximum atomic E-state index is 12.1. The number of hydrogen-bond donors (Lipinski definition) is 3. The quantitative estimate of drug-likeness (QED) is 0.547. The Labute approximate surface area is 116 Å². The van der Waals surface area contributed by atoms with Gasteiger partial charge in [-0.1, -0.05) is 6.42 Å². The summed E-state index contributed by atoms with van der Waals surface area (Å²) in [4.78, 5) is 14.2. The Morgan fingerprint density at radius 1 is 1.47 bits per heavy atom. The van der Waals surface area contributed by atoms with Crippen LogP contribution in [0.5, 0.6) is 0 Å². The predicted octanol–water partition coefficient (Wildman–Crippen LogP) is 0.128. The lowest BCUT2D eigenvalue weighted by Gasteiger charge is -2.34. The van der Waals surface area contributed by atoms with E-state index in [0.717, 1.165) is 38.8 Å². The summed E-state index contributed by atoms with van der Waals surface area (Å²) in [6, 6.07) is 0. The van der Waals surface area contributed by atoms with Crippen molar-refractivity contribution < 1.29 is 14.8 Å². The molecule has 2 atom stereocenters. The Morgan fingerprint density at radius 3 is 2.68 bits per heavy atom. The fraction of sp³-hybridized carbons (Fsp3) is 0.923. The molecule has 1 fully saturated rings. The van der Waals surface area contributed by atoms with E-state index in [2.05, 4.69) is 10.2 Å². The lowest BCUT2D eigenvalue weighted by molar-refractivity contribution is -0.124. The molecule has 0 spiro atoms. The fourth-order valence-electron chi connectivity index (χ4n) is 3.08. The van der Waals surface area contributed by atoms with Crippen LogP contribution in [0, 0.1) is 5.92 Å². The third-order valence-corrected chi connectivity index (χ3v) is 4.23. The monoisotopic (exact) mass is 270 g/mol. The molecule has 5 nitrogen and oxygen atoms in total. The van der Waals surface area contributed by atoms with E-state index in [4.69, 9.17) is 10.0 Å². The Hall–Kier alpha value is -0.425. The van der Waals surface area contributed by atoms with Gasteiger partial charge >= 0.3 is 7.12 Å². The van der Waals surface area contributed by atoms with Crippen molar-refractivity contribution in [2.24, 2.45) is 5.92 Å². The van der Waals surface area contributed by atoms with Gasteiger partial charge in [0.2, 0.25) is 0 Å². The number of hydrogen-bond acceptors (Lipinski definition) is 5. The molecule has 0 aromatic carbocycles. The van der Waals surface area contributed by atoms with Crippen molar-refractivity contribution in [3.05, 3.63) is 0 Å². The average Bonchev–Trinajstić information content (AvgIpc) is 2.70. The predicted molar refractivity (Wildman–Crippen MR) is 76.9 cm³/mol. The van der Waals surface area contributed by atoms with Crippen molar-refractivity contribution in [2.45, 2.75) is 44.5 Å². The van der Waals surface area contributed by atoms with Gasteiger partial charge in [0.1, 0.15) is 5.78 Å². The minimum absolute atomic E-state index is 0.210. The molecule has 1 heterocycles. The first-order chi connectivity index (χ1) is 8.88. The molecule has 1 rings (SSSR count). The first-order valence-electron chi connectivity index (χ1n) is 7.15. The molecule has 110 valence electrons. The second kappa shape index (κ2) is 7.38. The zero-order chi connectivity index (χ0) is 14.5. The minimum atomic E-state index is -1.23. The van der Waals surface area contributed by atoms with E-state index >= 15 is 0 Å². The van der Waals surface area contributed by atoms with Crippen molar-refractivity contribution in [3.8, 4) is 0 Å². The van der Waals surface area contributed by atoms with Gasteiger partial charge < -0.3 is 20.3 Å². The molecule has 0 aromatic rings. The van der Waals surface area contributed by atoms with Gasteiger partial charge in [-0.3, -0.25) is 4.79 Å². The van der Waals surface area contributed by atoms with Gasteiger partial charge in [-0.25, -0.2) is 0 Å². The van der Waals surface area contributed by atoms with Crippen molar-refractivity contribution in [1.29, 1.82) is 0 Å². The Morgan fingerprint density at radius 2 is 2.16 bits per heavy atom. The standard InChI is InChI=1S/C13H27BN2O3/c1-11(17)13(7-10-16(2)3)12(6-9-15-13)5-4-8-14(18)19/h12,15,18-19H,4-10H2,1-3H3/t12-,13-/m1/s1. The SMILES string of the molecule is CC(=O)[C@@]1(CCN(C)C)NCC[C@H]1CCCB(O)O. The zero-order valence-electron chi connectivity index (χ0n) is 12.4. The molecule has 19 heavy (non-hydrogen) atoms. The molecule has 0 amide bonds. The third-order valence-electron chi connectivity index (χ3n) is 4.23. The van der Waals surface area contributed by atoms with Crippen LogP contribution in [-0.2, 0) is 4.79 Å². The maximum Gasteiger partial charge on any atom is 0.451 e. The Bertz CT molecular complexity index is 300. The highest BCUT2D eigenvalue weighted by Gasteiger charge is 2.45. The largest absolute Gasteiger partial charge is 0.451 e. The molecule has 3 N–H and O–H groups in total. The molecule has 0 unspecified atom stereocenters. The van der Waals surface area contributed by atoms with Crippen LogP contribution in [0.15, 0.2) is 0 Å². The molecule has 0 bridgehead atoms. The van der Waals surface area contributed by atoms with Gasteiger partial charge in [-0.15, -0.1) is 0 Å². The van der Waals surface area contributed by atoms with Crippen LogP contribution in [0.4, 0.5) is 0 Å². The zero-order valence-corrected chi connectivity index (χ0v) is 12.4. The van der Waals surface area contributed by atoms with Crippen molar-refractivity contribution in [3.63, 3.8) is 0 Å². The molecular formula is C13H27BN2O3. The van der Waals surface area contributed by atoms with E-state index in [1.807, 2.05) is 14.1 Å². The van der Waals surface area contributed by atoms with E-state index in [9.17, 15) is 4.79 Å². The van der Waals surface area contributed by atoms with Crippen LogP contribution < -0.4 is 5.32 Å². The molecule has 1 aliphatic heterocycles. The van der Waals surface area contributed by atoms with Crippen molar-refractivity contribution in [2.75, 3.05) is 27.2 Å². The summed E-state index contributed by atoms with van der Waals surface area (Å²) >= 11 is 0. The highest BCUT2D eigenvalue weighted by Crippen LogP contribution is 2.35. The molecule has 0 aromatic heterocycles. The van der Waals surface area contributed by atoms with Crippen molar-refractivity contribution >= 4 is 12.9 Å². The number of nitrogens with one attached hydrogen (secondary N) is 1. The van der Waals surface area contributed by atoms with Crippen LogP contribution in [0.25, 0.3) is 0 Å². The Kier molecular flexibility index (Phi) is 6.46. The van der Waals surface area contributed by atoms with E-state index < -0.39 is 12.7 Å². The molecular weight excluding hydrogens is 243 g/mol. The third kappa shape index (κ3) is 4.56. The molecule has 1 aliphatic rings. The van der Waals surface area contributed by atoms with Gasteiger partial charge in [0.05, 0.1) is 5.54 Å². The second-order valence-electron chi connectivity index (χ2n) is 5.90. The molecule has 0 aliphatic carbocycles. The molecule has 6 heteroatoms. The first kappa shape index (κ1) is 16.6. The molecule has 0 saturated carbocycles. The van der Waals surface area contributed by atoms with Crippen LogP contribution in [-0.4, -0.2) is 60.6 Å². The summed E-state index contributed by atoms with van der Waals surface area (Å²) in [7, 11) is 2.79. The number of rotatable bonds is 8. The summed E-state index contributed by atoms with van der Waals surface area (Å²) < 4.78 is 0. The van der Waals surface area contributed by atoms with Gasteiger partial charge in [0.25, 0.3) is 0 Å². The number of Topliss-reactive ketones (excluding diaryl/α,β-unsaturated/α-hetero) is 1. The van der Waals surface area contributed by atoms with Crippen molar-refractivity contribution in [1.82, 2.24) is 10.2 Å². The molecule has 0 radical (unpaired) electrons. The van der Waals surface area contributed by atoms with E-state index in [1.165, 1.54) is 0 Å². The number of ketones is 1. The summed E-state index contributed by atoms with van der Waals surface area (Å²) in [6.07, 6.45) is 3.83. The van der Waals surface area contributed by atoms with E-state index in [0.29, 0.717) is 12.2 Å². The fourth-order valence-corrected chi connectivity index (χ4v) is 3.08. The molecule has 1 saturated heterocycles. The average molecular weight is 270 g/mol. The summed E-state index contributed by atoms with van der Waals surface area (Å²) in [5, 5.41) is 21.2. The van der Waals surface area contributed by atoms with Crippen LogP contribution >= 0.6 is 0 Å². The lowest BCUT2D eigenvalue weighted by Crippen LogP contribution is -2.52. The highest BCUT2D eigenvalue weighted by atomic mass is 16.4. The maximum absolute atomic E-state index is 12.1. The van der Waals surface area contributed by atoms with Gasteiger partial charge in [-0.2, -0.15) is 0 Å². The number of nitrogens with zero attached hydrogens (tertiary/aromatic N) is 1. The summed E-state index contributed by atoms with van der Waals surface area (Å²) in [5.41, 5.74) is -0.412. The highest BCUT2D eigenvalue weighted by molar-refractivity contribution is 6.40. The van der Waals surface area contributed by atoms with E-state index in [-0.39, 0.29) is 5.78 Å². The smallest absolute Gasteiger partial charge is 0.427 e. The summed E-state index contributed by atoms with van der Waals surface area (Å²) in [6.45, 7) is 3.42. The van der Waals surface area contributed by atoms with Gasteiger partial charge in [0.15, 0.2) is 0 Å². The van der Waals surface area contributed by atoms with Crippen LogP contribution in [0.2, 0.25) is 6.32 Å². The lowest BCUT2D eigenvalue weighted by atomic mass is 9.74. The van der Waals surface area contributed by atoms with E-state index in [1.54, 1.807) is 6.92 Å². The number of carbonyl (C=O) groups is 1. The first-order valence-corrected chi connectivity index (χ1v) is 7.15. The second-order valence-corrected chi connectivity index (χ2v) is 5.90. The Balaban J connectivity index is 2.63. The van der Waals surface area contributed by atoms with Crippen LogP contribution in [0.1, 0.15) is 32.6 Å². The summed E-state index contributed by atoms with van der Waals surface area (Å²) in [5.74, 6) is 0.519. The van der Waals surface area contributed by atoms with Crippen LogP contribution in [0.3, 0.4) is 0 Å². The van der Waals surface area contributed by atoms with Gasteiger partial charge in [-0.05, 0) is 65.6 Å². The normalized spacial score (nSPS) is 26.9. The number of carbonyl (C=O) groups excluding carboxylic acids is 1. The minimum Gasteiger partial charge on any atom is -0.427 e. The van der Waals surface area contributed by atoms with Gasteiger partial charge in [0, 0.05) is 0 Å². The topological polar surface area (TPSA) is 72.8 Å².